The standard InChI is InChI=1S/C20H35N5O2/c1-4-6-8-9-10-11-12-13-15-25-16-17(22-19(25)21-14-7-5-2)24(3)20(27)23-18(16)26/h4-15H2,1-3H3,(H,21,22)(H,23,26,27). The van der Waals surface area contributed by atoms with Gasteiger partial charge >= 0.3 is 5.69 Å². The molecule has 7 nitrogen and oxygen atoms in total. The smallest absolute Gasteiger partial charge is 0.329 e. The Morgan fingerprint density at radius 3 is 2.22 bits per heavy atom. The monoisotopic (exact) mass is 377 g/mol. The molecule has 2 rings (SSSR count). The van der Waals surface area contributed by atoms with Gasteiger partial charge in [0.15, 0.2) is 11.2 Å². The number of aromatic amines is 1. The van der Waals surface area contributed by atoms with Gasteiger partial charge in [0.05, 0.1) is 0 Å². The summed E-state index contributed by atoms with van der Waals surface area (Å²) >= 11 is 0. The van der Waals surface area contributed by atoms with Crippen LogP contribution in [0.25, 0.3) is 11.2 Å². The minimum absolute atomic E-state index is 0.358. The fraction of sp³-hybridized carbons (Fsp3) is 0.750. The van der Waals surface area contributed by atoms with Gasteiger partial charge in [-0.05, 0) is 12.8 Å². The zero-order chi connectivity index (χ0) is 19.6. The van der Waals surface area contributed by atoms with Gasteiger partial charge in [-0.3, -0.25) is 14.3 Å². The second-order valence-corrected chi connectivity index (χ2v) is 7.33. The van der Waals surface area contributed by atoms with Gasteiger partial charge in [0, 0.05) is 20.1 Å². The highest BCUT2D eigenvalue weighted by Crippen LogP contribution is 2.17. The van der Waals surface area contributed by atoms with Crippen molar-refractivity contribution in [1.29, 1.82) is 0 Å². The highest BCUT2D eigenvalue weighted by atomic mass is 16.2. The number of hydrogen-bond acceptors (Lipinski definition) is 4. The summed E-state index contributed by atoms with van der Waals surface area (Å²) in [5.41, 5.74) is 0.148. The van der Waals surface area contributed by atoms with E-state index >= 15 is 0 Å². The van der Waals surface area contributed by atoms with Gasteiger partial charge < -0.3 is 9.88 Å². The van der Waals surface area contributed by atoms with Crippen LogP contribution < -0.4 is 16.6 Å². The summed E-state index contributed by atoms with van der Waals surface area (Å²) in [6.07, 6.45) is 12.0. The predicted octanol–water partition coefficient (Wildman–Crippen LogP) is 3.78. The Morgan fingerprint density at radius 2 is 1.56 bits per heavy atom. The molecule has 0 saturated heterocycles. The first kappa shape index (κ1) is 21.3. The molecule has 27 heavy (non-hydrogen) atoms. The van der Waals surface area contributed by atoms with E-state index in [0.717, 1.165) is 38.8 Å². The van der Waals surface area contributed by atoms with E-state index in [1.54, 1.807) is 7.05 Å². The van der Waals surface area contributed by atoms with Crippen molar-refractivity contribution in [3.8, 4) is 0 Å². The van der Waals surface area contributed by atoms with E-state index in [-0.39, 0.29) is 5.56 Å². The molecule has 2 N–H and O–H groups in total. The van der Waals surface area contributed by atoms with E-state index in [1.165, 1.54) is 43.1 Å². The maximum atomic E-state index is 12.4. The van der Waals surface area contributed by atoms with Crippen molar-refractivity contribution in [3.63, 3.8) is 0 Å². The molecule has 152 valence electrons. The third-order valence-corrected chi connectivity index (χ3v) is 5.06. The average molecular weight is 378 g/mol. The topological polar surface area (TPSA) is 84.7 Å². The van der Waals surface area contributed by atoms with Crippen LogP contribution in [0.1, 0.15) is 78.1 Å². The first-order valence-corrected chi connectivity index (χ1v) is 10.5. The van der Waals surface area contributed by atoms with Crippen LogP contribution in [0, 0.1) is 0 Å². The van der Waals surface area contributed by atoms with Gasteiger partial charge in [-0.2, -0.15) is 4.98 Å². The molecule has 0 amide bonds. The van der Waals surface area contributed by atoms with Crippen LogP contribution in [0.2, 0.25) is 0 Å². The minimum atomic E-state index is -0.427. The van der Waals surface area contributed by atoms with E-state index in [2.05, 4.69) is 29.1 Å². The van der Waals surface area contributed by atoms with E-state index < -0.39 is 5.69 Å². The second kappa shape index (κ2) is 10.9. The van der Waals surface area contributed by atoms with Gasteiger partial charge in [-0.25, -0.2) is 4.79 Å². The van der Waals surface area contributed by atoms with E-state index in [0.29, 0.717) is 17.1 Å². The van der Waals surface area contributed by atoms with Crippen molar-refractivity contribution in [2.24, 2.45) is 7.05 Å². The van der Waals surface area contributed by atoms with Gasteiger partial charge in [0.2, 0.25) is 5.95 Å². The van der Waals surface area contributed by atoms with Crippen LogP contribution in [0.4, 0.5) is 5.95 Å². The van der Waals surface area contributed by atoms with Crippen LogP contribution in [-0.2, 0) is 13.6 Å². The van der Waals surface area contributed by atoms with E-state index in [9.17, 15) is 9.59 Å². The molecule has 0 unspecified atom stereocenters. The van der Waals surface area contributed by atoms with Gasteiger partial charge in [-0.15, -0.1) is 0 Å². The molecule has 0 aliphatic heterocycles. The van der Waals surface area contributed by atoms with Crippen LogP contribution >= 0.6 is 0 Å². The van der Waals surface area contributed by atoms with E-state index in [4.69, 9.17) is 0 Å². The van der Waals surface area contributed by atoms with Gasteiger partial charge in [0.1, 0.15) is 0 Å². The highest BCUT2D eigenvalue weighted by molar-refractivity contribution is 5.74. The first-order valence-electron chi connectivity index (χ1n) is 10.5. The molecular formula is C20H35N5O2. The fourth-order valence-electron chi connectivity index (χ4n) is 3.37. The Morgan fingerprint density at radius 1 is 0.926 bits per heavy atom. The number of aryl methyl sites for hydroxylation is 2. The Labute approximate surface area is 161 Å². The molecule has 0 bridgehead atoms. The lowest BCUT2D eigenvalue weighted by atomic mass is 10.1. The summed E-state index contributed by atoms with van der Waals surface area (Å²) < 4.78 is 3.35. The molecular weight excluding hydrogens is 342 g/mol. The maximum Gasteiger partial charge on any atom is 0.329 e. The summed E-state index contributed by atoms with van der Waals surface area (Å²) in [4.78, 5) is 31.2. The zero-order valence-corrected chi connectivity index (χ0v) is 17.1. The average Bonchev–Trinajstić information content (AvgIpc) is 3.01. The summed E-state index contributed by atoms with van der Waals surface area (Å²) in [6, 6.07) is 0. The normalized spacial score (nSPS) is 11.4. The summed E-state index contributed by atoms with van der Waals surface area (Å²) in [5, 5.41) is 3.34. The number of hydrogen-bond donors (Lipinski definition) is 2. The number of nitrogens with one attached hydrogen (secondary N) is 2. The Kier molecular flexibility index (Phi) is 8.61. The number of anilines is 1. The minimum Gasteiger partial charge on any atom is -0.356 e. The summed E-state index contributed by atoms with van der Waals surface area (Å²) in [5.74, 6) is 0.688. The second-order valence-electron chi connectivity index (χ2n) is 7.33. The van der Waals surface area contributed by atoms with Crippen LogP contribution in [0.15, 0.2) is 9.59 Å². The molecule has 0 aliphatic carbocycles. The molecule has 0 fully saturated rings. The molecule has 7 heteroatoms. The lowest BCUT2D eigenvalue weighted by Gasteiger charge is -2.10. The van der Waals surface area contributed by atoms with Crippen LogP contribution in [0.3, 0.4) is 0 Å². The third kappa shape index (κ3) is 5.71. The van der Waals surface area contributed by atoms with Crippen molar-refractivity contribution in [1.82, 2.24) is 19.1 Å². The van der Waals surface area contributed by atoms with Crippen LogP contribution in [0.5, 0.6) is 0 Å². The zero-order valence-electron chi connectivity index (χ0n) is 17.1. The molecule has 2 aromatic heterocycles. The van der Waals surface area contributed by atoms with Gasteiger partial charge in [-0.1, -0.05) is 65.2 Å². The highest BCUT2D eigenvalue weighted by Gasteiger charge is 2.16. The Hall–Kier alpha value is -2.05. The number of rotatable bonds is 13. The van der Waals surface area contributed by atoms with Crippen molar-refractivity contribution >= 4 is 17.1 Å². The van der Waals surface area contributed by atoms with Crippen molar-refractivity contribution in [3.05, 3.63) is 20.8 Å². The lowest BCUT2D eigenvalue weighted by Crippen LogP contribution is -2.29. The summed E-state index contributed by atoms with van der Waals surface area (Å²) in [6.45, 7) is 5.92. The van der Waals surface area contributed by atoms with Crippen LogP contribution in [-0.4, -0.2) is 25.6 Å². The third-order valence-electron chi connectivity index (χ3n) is 5.06. The number of imidazole rings is 1. The predicted molar refractivity (Wildman–Crippen MR) is 112 cm³/mol. The first-order chi connectivity index (χ1) is 13.1. The Balaban J connectivity index is 2.08. The quantitative estimate of drug-likeness (QED) is 0.520. The Bertz CT molecular complexity index is 818. The number of nitrogens with zero attached hydrogens (tertiary/aromatic N) is 3. The van der Waals surface area contributed by atoms with Crippen molar-refractivity contribution < 1.29 is 0 Å². The maximum absolute atomic E-state index is 12.4. The largest absolute Gasteiger partial charge is 0.356 e. The molecule has 2 heterocycles. The molecule has 0 aromatic carbocycles. The molecule has 0 saturated carbocycles. The number of unbranched alkanes of at least 4 members (excludes halogenated alkanes) is 8. The van der Waals surface area contributed by atoms with Crippen molar-refractivity contribution in [2.75, 3.05) is 11.9 Å². The van der Waals surface area contributed by atoms with E-state index in [1.807, 2.05) is 4.57 Å². The molecule has 0 aliphatic rings. The number of fused-ring (bicyclic) bond motifs is 1. The van der Waals surface area contributed by atoms with Crippen molar-refractivity contribution in [2.45, 2.75) is 84.6 Å². The fourth-order valence-corrected chi connectivity index (χ4v) is 3.37. The number of aromatic nitrogens is 4. The molecule has 0 spiro atoms. The molecule has 2 aromatic rings. The van der Waals surface area contributed by atoms with Gasteiger partial charge in [0.25, 0.3) is 5.56 Å². The summed E-state index contributed by atoms with van der Waals surface area (Å²) in [7, 11) is 1.64. The number of H-pyrrole nitrogens is 1. The molecule has 0 radical (unpaired) electrons. The molecule has 0 atom stereocenters. The lowest BCUT2D eigenvalue weighted by molar-refractivity contribution is 0.548. The SMILES string of the molecule is CCCCCCCCCCn1c(NCCCC)nc2c1c(=O)[nH]c(=O)n2C.